The van der Waals surface area contributed by atoms with Crippen molar-refractivity contribution in [2.75, 3.05) is 6.61 Å². The number of rotatable bonds is 6. The quantitative estimate of drug-likeness (QED) is 0.785. The van der Waals surface area contributed by atoms with Gasteiger partial charge in [-0.2, -0.15) is 0 Å². The second kappa shape index (κ2) is 7.96. The summed E-state index contributed by atoms with van der Waals surface area (Å²) in [6.45, 7) is 8.40. The number of carbonyl (C=O) groups excluding carboxylic acids is 1. The van der Waals surface area contributed by atoms with E-state index in [1.165, 1.54) is 0 Å². The Balaban J connectivity index is 0.00000261. The van der Waals surface area contributed by atoms with E-state index in [2.05, 4.69) is 15.6 Å². The minimum Gasteiger partial charge on any atom is -0.378 e. The SMILES string of the molecule is CCOC1CC(N)(C(=O)NC(C)c2cn(-c3ccccc3)nn2)C1(C)C.Cl. The number of nitrogens with one attached hydrogen (secondary N) is 1. The van der Waals surface area contributed by atoms with E-state index >= 15 is 0 Å². The van der Waals surface area contributed by atoms with Crippen molar-refractivity contribution < 1.29 is 9.53 Å². The first kappa shape index (κ1) is 21.3. The molecule has 2 aromatic rings. The highest BCUT2D eigenvalue weighted by Crippen LogP contribution is 2.50. The minimum absolute atomic E-state index is 0. The van der Waals surface area contributed by atoms with Crippen molar-refractivity contribution in [3.05, 3.63) is 42.2 Å². The van der Waals surface area contributed by atoms with Crippen LogP contribution in [-0.4, -0.2) is 39.2 Å². The van der Waals surface area contributed by atoms with Crippen LogP contribution < -0.4 is 11.1 Å². The van der Waals surface area contributed by atoms with Gasteiger partial charge in [-0.15, -0.1) is 17.5 Å². The maximum absolute atomic E-state index is 12.8. The van der Waals surface area contributed by atoms with Crippen LogP contribution in [0.4, 0.5) is 0 Å². The average molecular weight is 394 g/mol. The third-order valence-electron chi connectivity index (χ3n) is 5.56. The van der Waals surface area contributed by atoms with E-state index in [1.54, 1.807) is 4.68 Å². The maximum Gasteiger partial charge on any atom is 0.241 e. The van der Waals surface area contributed by atoms with Crippen LogP contribution in [0.3, 0.4) is 0 Å². The molecule has 1 fully saturated rings. The van der Waals surface area contributed by atoms with Crippen molar-refractivity contribution in [1.82, 2.24) is 20.3 Å². The zero-order chi connectivity index (χ0) is 18.9. The molecule has 3 atom stereocenters. The van der Waals surface area contributed by atoms with E-state index in [0.29, 0.717) is 18.7 Å². The molecular formula is C19H28ClN5O2. The van der Waals surface area contributed by atoms with Crippen molar-refractivity contribution in [2.45, 2.75) is 51.8 Å². The summed E-state index contributed by atoms with van der Waals surface area (Å²) < 4.78 is 7.38. The van der Waals surface area contributed by atoms with Crippen molar-refractivity contribution in [3.8, 4) is 5.69 Å². The Morgan fingerprint density at radius 1 is 1.41 bits per heavy atom. The number of nitrogens with two attached hydrogens (primary N) is 1. The summed E-state index contributed by atoms with van der Waals surface area (Å²) in [5.74, 6) is -0.180. The normalized spacial score (nSPS) is 24.4. The minimum atomic E-state index is -0.948. The predicted octanol–water partition coefficient (Wildman–Crippen LogP) is 2.40. The van der Waals surface area contributed by atoms with E-state index in [-0.39, 0.29) is 30.5 Å². The molecule has 7 nitrogen and oxygen atoms in total. The van der Waals surface area contributed by atoms with Crippen LogP contribution in [0.15, 0.2) is 36.5 Å². The van der Waals surface area contributed by atoms with E-state index in [0.717, 1.165) is 5.69 Å². The van der Waals surface area contributed by atoms with Gasteiger partial charge in [0.05, 0.1) is 24.0 Å². The van der Waals surface area contributed by atoms with Crippen LogP contribution in [0.5, 0.6) is 0 Å². The van der Waals surface area contributed by atoms with Crippen LogP contribution in [-0.2, 0) is 9.53 Å². The highest BCUT2D eigenvalue weighted by atomic mass is 35.5. The smallest absolute Gasteiger partial charge is 0.241 e. The summed E-state index contributed by atoms with van der Waals surface area (Å²) in [4.78, 5) is 12.8. The number of aromatic nitrogens is 3. The fraction of sp³-hybridized carbons (Fsp3) is 0.526. The Hall–Kier alpha value is -1.96. The number of halogens is 1. The first-order valence-electron chi connectivity index (χ1n) is 8.98. The van der Waals surface area contributed by atoms with Crippen molar-refractivity contribution >= 4 is 18.3 Å². The highest BCUT2D eigenvalue weighted by Gasteiger charge is 2.62. The summed E-state index contributed by atoms with van der Waals surface area (Å²) in [5.41, 5.74) is 6.67. The standard InChI is InChI=1S/C19H27N5O2.ClH/c1-5-26-16-11-19(20,18(16,3)4)17(25)21-13(2)15-12-24(23-22-15)14-9-7-6-8-10-14;/h6-10,12-13,16H,5,11,20H2,1-4H3,(H,21,25);1H. The number of hydrogen-bond donors (Lipinski definition) is 2. The molecule has 1 saturated carbocycles. The lowest BCUT2D eigenvalue weighted by Crippen LogP contribution is -2.75. The number of para-hydroxylation sites is 1. The van der Waals surface area contributed by atoms with Gasteiger partial charge in [0.2, 0.25) is 5.91 Å². The van der Waals surface area contributed by atoms with Gasteiger partial charge in [-0.05, 0) is 26.0 Å². The predicted molar refractivity (Wildman–Crippen MR) is 106 cm³/mol. The van der Waals surface area contributed by atoms with Crippen molar-refractivity contribution in [1.29, 1.82) is 0 Å². The summed E-state index contributed by atoms with van der Waals surface area (Å²) in [6.07, 6.45) is 2.33. The Morgan fingerprint density at radius 2 is 2.07 bits per heavy atom. The topological polar surface area (TPSA) is 95.1 Å². The first-order chi connectivity index (χ1) is 12.3. The molecule has 1 heterocycles. The largest absolute Gasteiger partial charge is 0.378 e. The monoisotopic (exact) mass is 393 g/mol. The Labute approximate surface area is 166 Å². The lowest BCUT2D eigenvalue weighted by Gasteiger charge is -2.57. The summed E-state index contributed by atoms with van der Waals surface area (Å²) in [6, 6.07) is 9.42. The molecule has 1 aliphatic rings. The Bertz CT molecular complexity index is 779. The van der Waals surface area contributed by atoms with Gasteiger partial charge in [-0.25, -0.2) is 4.68 Å². The third kappa shape index (κ3) is 3.72. The van der Waals surface area contributed by atoms with Gasteiger partial charge in [0.15, 0.2) is 0 Å². The number of hydrogen-bond acceptors (Lipinski definition) is 5. The molecule has 0 radical (unpaired) electrons. The number of carbonyl (C=O) groups is 1. The molecule has 3 rings (SSSR count). The molecule has 1 aromatic heterocycles. The number of nitrogens with zero attached hydrogens (tertiary/aromatic N) is 3. The van der Waals surface area contributed by atoms with E-state index < -0.39 is 11.0 Å². The molecule has 3 unspecified atom stereocenters. The zero-order valence-electron chi connectivity index (χ0n) is 16.2. The second-order valence-corrected chi connectivity index (χ2v) is 7.46. The molecule has 1 aromatic carbocycles. The van der Waals surface area contributed by atoms with Gasteiger partial charge in [0.1, 0.15) is 11.2 Å². The summed E-state index contributed by atoms with van der Waals surface area (Å²) >= 11 is 0. The molecule has 1 aliphatic carbocycles. The maximum atomic E-state index is 12.8. The number of benzene rings is 1. The summed E-state index contributed by atoms with van der Waals surface area (Å²) in [5, 5.41) is 11.3. The molecule has 27 heavy (non-hydrogen) atoms. The molecule has 148 valence electrons. The van der Waals surface area contributed by atoms with Gasteiger partial charge in [0, 0.05) is 18.4 Å². The molecule has 0 spiro atoms. The van der Waals surface area contributed by atoms with E-state index in [4.69, 9.17) is 10.5 Å². The lowest BCUT2D eigenvalue weighted by atomic mass is 9.54. The molecule has 0 saturated heterocycles. The van der Waals surface area contributed by atoms with Crippen LogP contribution >= 0.6 is 12.4 Å². The molecule has 1 amide bonds. The molecule has 0 aliphatic heterocycles. The van der Waals surface area contributed by atoms with Gasteiger partial charge in [-0.1, -0.05) is 37.3 Å². The Kier molecular flexibility index (Phi) is 6.29. The van der Waals surface area contributed by atoms with Crippen LogP contribution in [0.2, 0.25) is 0 Å². The first-order valence-corrected chi connectivity index (χ1v) is 8.98. The van der Waals surface area contributed by atoms with E-state index in [1.807, 2.05) is 64.2 Å². The molecule has 8 heteroatoms. The average Bonchev–Trinajstić information content (AvgIpc) is 3.12. The van der Waals surface area contributed by atoms with Gasteiger partial charge < -0.3 is 15.8 Å². The summed E-state index contributed by atoms with van der Waals surface area (Å²) in [7, 11) is 0. The van der Waals surface area contributed by atoms with Crippen LogP contribution in [0.25, 0.3) is 5.69 Å². The third-order valence-corrected chi connectivity index (χ3v) is 5.56. The number of amides is 1. The van der Waals surface area contributed by atoms with Crippen LogP contribution in [0, 0.1) is 5.41 Å². The van der Waals surface area contributed by atoms with Gasteiger partial charge >= 0.3 is 0 Å². The highest BCUT2D eigenvalue weighted by molar-refractivity contribution is 5.89. The fourth-order valence-electron chi connectivity index (χ4n) is 3.40. The van der Waals surface area contributed by atoms with Crippen molar-refractivity contribution in [2.24, 2.45) is 11.1 Å². The number of ether oxygens (including phenoxy) is 1. The van der Waals surface area contributed by atoms with Gasteiger partial charge in [-0.3, -0.25) is 4.79 Å². The fourth-order valence-corrected chi connectivity index (χ4v) is 3.40. The second-order valence-electron chi connectivity index (χ2n) is 7.46. The lowest BCUT2D eigenvalue weighted by molar-refractivity contribution is -0.171. The van der Waals surface area contributed by atoms with Crippen LogP contribution in [0.1, 0.15) is 45.9 Å². The Morgan fingerprint density at radius 3 is 2.67 bits per heavy atom. The van der Waals surface area contributed by atoms with Crippen molar-refractivity contribution in [3.63, 3.8) is 0 Å². The zero-order valence-corrected chi connectivity index (χ0v) is 17.0. The molecule has 3 N–H and O–H groups in total. The van der Waals surface area contributed by atoms with Gasteiger partial charge in [0.25, 0.3) is 0 Å². The van der Waals surface area contributed by atoms with E-state index in [9.17, 15) is 4.79 Å². The molecule has 0 bridgehead atoms. The molecular weight excluding hydrogens is 366 g/mol.